The first-order chi connectivity index (χ1) is 8.52. The van der Waals surface area contributed by atoms with Crippen LogP contribution in [0.1, 0.15) is 53.9 Å². The first-order valence-corrected chi connectivity index (χ1v) is 7.37. The summed E-state index contributed by atoms with van der Waals surface area (Å²) in [6, 6.07) is 0. The van der Waals surface area contributed by atoms with E-state index < -0.39 is 0 Å². The zero-order valence-electron chi connectivity index (χ0n) is 14.4. The number of rotatable bonds is 4. The molecular weight excluding hydrogens is 342 g/mol. The van der Waals surface area contributed by atoms with Crippen LogP contribution in [0.2, 0.25) is 0 Å². The molecule has 1 amide bonds. The predicted octanol–water partition coefficient (Wildman–Crippen LogP) is 4.76. The van der Waals surface area contributed by atoms with Crippen molar-refractivity contribution in [3.63, 3.8) is 0 Å². The zero-order valence-corrected chi connectivity index (χ0v) is 18.6. The molecular formula is C16H34NOPY-2. The molecule has 1 radical (unpaired) electrons. The van der Waals surface area contributed by atoms with Gasteiger partial charge in [-0.2, -0.15) is 16.8 Å². The number of carbonyl (C=O) groups is 1. The van der Waals surface area contributed by atoms with Gasteiger partial charge in [-0.25, -0.2) is 0 Å². The second kappa shape index (κ2) is 13.7. The van der Waals surface area contributed by atoms with Crippen LogP contribution in [0.15, 0.2) is 0 Å². The Morgan fingerprint density at radius 2 is 1.80 bits per heavy atom. The van der Waals surface area contributed by atoms with Crippen LogP contribution in [0.3, 0.4) is 0 Å². The predicted molar refractivity (Wildman–Crippen MR) is 90.4 cm³/mol. The van der Waals surface area contributed by atoms with Gasteiger partial charge in [0.1, 0.15) is 0 Å². The third kappa shape index (κ3) is 6.84. The third-order valence-corrected chi connectivity index (χ3v) is 4.80. The minimum atomic E-state index is 0. The molecule has 0 aromatic rings. The zero-order chi connectivity index (χ0) is 14.3. The quantitative estimate of drug-likeness (QED) is 0.514. The molecule has 0 heterocycles. The van der Waals surface area contributed by atoms with E-state index >= 15 is 0 Å². The van der Waals surface area contributed by atoms with Crippen molar-refractivity contribution < 1.29 is 37.5 Å². The summed E-state index contributed by atoms with van der Waals surface area (Å²) >= 11 is 0. The van der Waals surface area contributed by atoms with Crippen LogP contribution in [-0.4, -0.2) is 13.0 Å². The van der Waals surface area contributed by atoms with Gasteiger partial charge in [0.2, 0.25) is 0 Å². The Morgan fingerprint density at radius 3 is 2.10 bits per heavy atom. The minimum absolute atomic E-state index is 0. The molecule has 3 unspecified atom stereocenters. The largest absolute Gasteiger partial charge is 0.656 e. The van der Waals surface area contributed by atoms with E-state index in [2.05, 4.69) is 39.9 Å². The number of hydrogen-bond acceptors (Lipinski definition) is 1. The number of nitrogens with zero attached hydrogens (tertiary/aromatic N) is 1. The van der Waals surface area contributed by atoms with E-state index in [4.69, 9.17) is 0 Å². The Labute approximate surface area is 155 Å². The van der Waals surface area contributed by atoms with E-state index in [9.17, 15) is 4.79 Å². The fraction of sp³-hybridized carbons (Fsp3) is 0.875. The normalized spacial score (nSPS) is 27.1. The van der Waals surface area contributed by atoms with E-state index in [-0.39, 0.29) is 54.4 Å². The summed E-state index contributed by atoms with van der Waals surface area (Å²) < 4.78 is 0. The SMILES string of the molecule is CCC(C(C)C(=O)[N-]C)[C@H]1CC[C@@H](C)[C@H]1C.P.[CH2-]C.[Y]. The van der Waals surface area contributed by atoms with Gasteiger partial charge in [0, 0.05) is 38.6 Å². The average Bonchev–Trinajstić information content (AvgIpc) is 2.73. The summed E-state index contributed by atoms with van der Waals surface area (Å²) in [6.45, 7) is 14.0. The van der Waals surface area contributed by atoms with Crippen molar-refractivity contribution >= 4 is 15.8 Å². The number of amides is 1. The summed E-state index contributed by atoms with van der Waals surface area (Å²) in [4.78, 5) is 11.7. The van der Waals surface area contributed by atoms with Crippen molar-refractivity contribution in [3.05, 3.63) is 12.2 Å². The summed E-state index contributed by atoms with van der Waals surface area (Å²) in [5, 5.41) is 3.83. The molecule has 1 aliphatic rings. The maximum Gasteiger partial charge on any atom is 0.0541 e. The molecule has 1 saturated carbocycles. The van der Waals surface area contributed by atoms with Crippen molar-refractivity contribution in [1.29, 1.82) is 0 Å². The molecule has 0 N–H and O–H groups in total. The van der Waals surface area contributed by atoms with E-state index in [0.717, 1.165) is 24.2 Å². The fourth-order valence-corrected chi connectivity index (χ4v) is 3.42. The molecule has 20 heavy (non-hydrogen) atoms. The van der Waals surface area contributed by atoms with E-state index in [1.54, 1.807) is 14.0 Å². The Bertz CT molecular complexity index is 251. The molecule has 0 aromatic carbocycles. The van der Waals surface area contributed by atoms with Crippen LogP contribution in [-0.2, 0) is 37.5 Å². The molecule has 1 rings (SSSR count). The van der Waals surface area contributed by atoms with Crippen molar-refractivity contribution in [2.75, 3.05) is 7.05 Å². The van der Waals surface area contributed by atoms with Gasteiger partial charge in [-0.3, -0.25) is 0 Å². The van der Waals surface area contributed by atoms with Crippen LogP contribution in [0, 0.1) is 36.5 Å². The molecule has 0 bridgehead atoms. The molecule has 1 aliphatic carbocycles. The standard InChI is InChI=1S/C14H27NO.C2H5.H3P.Y/c1-6-12(11(4)14(16)15-5)13-8-7-9(2)10(13)3;1-2;;/h9-13H,6-8H2,1-5H3,(H,15,16);1H2,2H3;1H3;/q;-1;;/p-1/t9-,10-,11?,12?,13+;;;/m1.../s1. The van der Waals surface area contributed by atoms with Crippen LogP contribution < -0.4 is 0 Å². The molecule has 0 saturated heterocycles. The molecule has 0 aliphatic heterocycles. The van der Waals surface area contributed by atoms with E-state index in [1.807, 2.05) is 0 Å². The Kier molecular flexibility index (Phi) is 17.7. The maximum absolute atomic E-state index is 11.7. The van der Waals surface area contributed by atoms with Crippen LogP contribution >= 0.6 is 9.90 Å². The molecule has 1 fully saturated rings. The topological polar surface area (TPSA) is 31.2 Å². The Morgan fingerprint density at radius 1 is 1.30 bits per heavy atom. The first kappa shape index (κ1) is 25.9. The minimum Gasteiger partial charge on any atom is -0.656 e. The first-order valence-electron chi connectivity index (χ1n) is 7.37. The van der Waals surface area contributed by atoms with E-state index in [0.29, 0.717) is 5.92 Å². The third-order valence-electron chi connectivity index (χ3n) is 4.80. The average molecular weight is 376 g/mol. The van der Waals surface area contributed by atoms with Gasteiger partial charge in [-0.15, -0.1) is 7.05 Å². The van der Waals surface area contributed by atoms with Crippen molar-refractivity contribution in [2.45, 2.75) is 53.9 Å². The summed E-state index contributed by atoms with van der Waals surface area (Å²) in [6.07, 6.45) is 3.72. The number of hydrogen-bond donors (Lipinski definition) is 0. The molecule has 0 aromatic heterocycles. The van der Waals surface area contributed by atoms with Gasteiger partial charge in [-0.1, -0.05) is 40.5 Å². The van der Waals surface area contributed by atoms with Crippen molar-refractivity contribution in [1.82, 2.24) is 0 Å². The number of carbonyl (C=O) groups excluding carboxylic acids is 1. The molecule has 2 nitrogen and oxygen atoms in total. The maximum atomic E-state index is 11.7. The fourth-order valence-electron chi connectivity index (χ4n) is 3.42. The summed E-state index contributed by atoms with van der Waals surface area (Å²) in [7, 11) is 1.62. The van der Waals surface area contributed by atoms with Crippen LogP contribution in [0.5, 0.6) is 0 Å². The van der Waals surface area contributed by atoms with Gasteiger partial charge in [-0.05, 0) is 30.1 Å². The molecule has 6 atom stereocenters. The monoisotopic (exact) mass is 376 g/mol. The summed E-state index contributed by atoms with van der Waals surface area (Å²) in [5.41, 5.74) is 0. The van der Waals surface area contributed by atoms with Crippen LogP contribution in [0.25, 0.3) is 5.32 Å². The van der Waals surface area contributed by atoms with Gasteiger partial charge < -0.3 is 17.0 Å². The van der Waals surface area contributed by atoms with Gasteiger partial charge in [0.25, 0.3) is 0 Å². The second-order valence-electron chi connectivity index (χ2n) is 5.50. The summed E-state index contributed by atoms with van der Waals surface area (Å²) in [5.74, 6) is 3.01. The van der Waals surface area contributed by atoms with Gasteiger partial charge in [0.05, 0.1) is 5.91 Å². The van der Waals surface area contributed by atoms with Crippen molar-refractivity contribution in [3.8, 4) is 0 Å². The van der Waals surface area contributed by atoms with Crippen LogP contribution in [0.4, 0.5) is 0 Å². The Hall–Kier alpha value is 1.00. The molecule has 0 spiro atoms. The van der Waals surface area contributed by atoms with Gasteiger partial charge >= 0.3 is 0 Å². The molecule has 4 heteroatoms. The second-order valence-corrected chi connectivity index (χ2v) is 5.50. The molecule has 119 valence electrons. The Balaban J connectivity index is -0.000000689. The smallest absolute Gasteiger partial charge is 0.0541 e. The van der Waals surface area contributed by atoms with Crippen molar-refractivity contribution in [2.24, 2.45) is 29.6 Å². The van der Waals surface area contributed by atoms with E-state index in [1.165, 1.54) is 12.8 Å². The van der Waals surface area contributed by atoms with Gasteiger partial charge in [0.15, 0.2) is 0 Å².